The van der Waals surface area contributed by atoms with Gasteiger partial charge in [-0.2, -0.15) is 4.98 Å². The summed E-state index contributed by atoms with van der Waals surface area (Å²) >= 11 is 1.52. The van der Waals surface area contributed by atoms with E-state index in [9.17, 15) is 9.59 Å². The van der Waals surface area contributed by atoms with Gasteiger partial charge < -0.3 is 10.1 Å². The van der Waals surface area contributed by atoms with Crippen molar-refractivity contribution in [3.63, 3.8) is 0 Å². The topological polar surface area (TPSA) is 81.2 Å². The number of thioether (sulfide) groups is 1. The van der Waals surface area contributed by atoms with E-state index in [1.54, 1.807) is 54.6 Å². The van der Waals surface area contributed by atoms with Crippen molar-refractivity contribution in [2.24, 2.45) is 0 Å². The molecule has 0 aliphatic heterocycles. The number of carbonyl (C=O) groups excluding carboxylic acids is 2. The van der Waals surface area contributed by atoms with Gasteiger partial charge in [0.05, 0.1) is 0 Å². The Balaban J connectivity index is 1.86. The van der Waals surface area contributed by atoms with Crippen molar-refractivity contribution < 1.29 is 14.3 Å². The van der Waals surface area contributed by atoms with Gasteiger partial charge in [-0.3, -0.25) is 9.59 Å². The summed E-state index contributed by atoms with van der Waals surface area (Å²) in [5.74, 6) is 0.346. The van der Waals surface area contributed by atoms with E-state index in [1.165, 1.54) is 11.8 Å². The summed E-state index contributed by atoms with van der Waals surface area (Å²) in [4.78, 5) is 34.5. The Bertz CT molecular complexity index is 997. The van der Waals surface area contributed by atoms with E-state index in [2.05, 4.69) is 22.2 Å². The molecule has 0 spiro atoms. The number of aryl methyl sites for hydroxylation is 1. The van der Waals surface area contributed by atoms with Crippen LogP contribution in [0.3, 0.4) is 0 Å². The lowest BCUT2D eigenvalue weighted by atomic mass is 10.1. The average Bonchev–Trinajstić information content (AvgIpc) is 2.77. The van der Waals surface area contributed by atoms with Crippen molar-refractivity contribution in [1.82, 2.24) is 15.3 Å². The number of carbonyl (C=O) groups is 2. The third-order valence-corrected chi connectivity index (χ3v) is 5.13. The number of amides is 1. The fourth-order valence-electron chi connectivity index (χ4n) is 2.65. The van der Waals surface area contributed by atoms with Crippen molar-refractivity contribution in [1.29, 1.82) is 0 Å². The van der Waals surface area contributed by atoms with E-state index >= 15 is 0 Å². The third kappa shape index (κ3) is 5.90. The molecule has 1 heterocycles. The number of aromatic nitrogens is 2. The van der Waals surface area contributed by atoms with Gasteiger partial charge >= 0.3 is 0 Å². The minimum atomic E-state index is -1.22. The first kappa shape index (κ1) is 21.5. The molecule has 6 nitrogen and oxygen atoms in total. The van der Waals surface area contributed by atoms with Crippen LogP contribution in [0.25, 0.3) is 0 Å². The Kier molecular flexibility index (Phi) is 7.57. The highest BCUT2D eigenvalue weighted by molar-refractivity contribution is 7.99. The molecular formula is C23H23N3O3S. The van der Waals surface area contributed by atoms with Crippen LogP contribution in [0, 0.1) is 6.92 Å². The van der Waals surface area contributed by atoms with Gasteiger partial charge in [-0.15, -0.1) is 0 Å². The monoisotopic (exact) mass is 421 g/mol. The SMILES string of the molecule is CCCSc1nc(C)cc(O[C@H](NC(=O)c2ccccc2)C(=O)c2ccccc2)n1. The number of Topliss-reactive ketones (excluding diaryl/α,β-unsaturated/α-hetero) is 1. The number of hydrogen-bond acceptors (Lipinski definition) is 6. The zero-order valence-electron chi connectivity index (χ0n) is 16.9. The van der Waals surface area contributed by atoms with Crippen LogP contribution < -0.4 is 10.1 Å². The standard InChI is InChI=1S/C23H23N3O3S/c1-3-14-30-23-24-16(2)15-19(25-23)29-22(20(27)17-10-6-4-7-11-17)26-21(28)18-12-8-5-9-13-18/h4-13,15,22H,3,14H2,1-2H3,(H,26,28)/t22-/m0/s1. The molecule has 7 heteroatoms. The van der Waals surface area contributed by atoms with E-state index in [0.29, 0.717) is 16.3 Å². The normalized spacial score (nSPS) is 11.5. The number of nitrogens with zero attached hydrogens (tertiary/aromatic N) is 2. The van der Waals surface area contributed by atoms with E-state index in [4.69, 9.17) is 4.74 Å². The molecule has 0 bridgehead atoms. The minimum Gasteiger partial charge on any atom is -0.446 e. The number of benzene rings is 2. The number of rotatable bonds is 9. The van der Waals surface area contributed by atoms with E-state index < -0.39 is 12.1 Å². The fourth-order valence-corrected chi connectivity index (χ4v) is 3.40. The van der Waals surface area contributed by atoms with E-state index in [1.807, 2.05) is 19.1 Å². The number of nitrogens with one attached hydrogen (secondary N) is 1. The van der Waals surface area contributed by atoms with Crippen LogP contribution in [-0.2, 0) is 0 Å². The highest BCUT2D eigenvalue weighted by Gasteiger charge is 2.25. The van der Waals surface area contributed by atoms with Crippen LogP contribution in [0.2, 0.25) is 0 Å². The summed E-state index contributed by atoms with van der Waals surface area (Å²) in [7, 11) is 0. The predicted molar refractivity (Wildman–Crippen MR) is 117 cm³/mol. The lowest BCUT2D eigenvalue weighted by molar-refractivity contribution is 0.0648. The molecule has 1 amide bonds. The molecular weight excluding hydrogens is 398 g/mol. The van der Waals surface area contributed by atoms with Crippen LogP contribution in [0.5, 0.6) is 5.88 Å². The largest absolute Gasteiger partial charge is 0.446 e. The zero-order chi connectivity index (χ0) is 21.3. The van der Waals surface area contributed by atoms with Crippen LogP contribution in [0.1, 0.15) is 39.8 Å². The van der Waals surface area contributed by atoms with Gasteiger partial charge in [0, 0.05) is 28.6 Å². The van der Waals surface area contributed by atoms with Crippen LogP contribution in [-0.4, -0.2) is 33.6 Å². The minimum absolute atomic E-state index is 0.240. The van der Waals surface area contributed by atoms with Crippen LogP contribution >= 0.6 is 11.8 Å². The molecule has 0 unspecified atom stereocenters. The molecule has 3 aromatic rings. The second-order valence-corrected chi connectivity index (χ2v) is 7.61. The van der Waals surface area contributed by atoms with Gasteiger partial charge in [-0.1, -0.05) is 67.2 Å². The summed E-state index contributed by atoms with van der Waals surface area (Å²) in [5.41, 5.74) is 1.59. The summed E-state index contributed by atoms with van der Waals surface area (Å²) in [6.45, 7) is 3.91. The second-order valence-electron chi connectivity index (χ2n) is 6.55. The van der Waals surface area contributed by atoms with Gasteiger partial charge in [0.2, 0.25) is 17.9 Å². The Morgan fingerprint density at radius 2 is 1.63 bits per heavy atom. The highest BCUT2D eigenvalue weighted by atomic mass is 32.2. The quantitative estimate of drug-likeness (QED) is 0.240. The van der Waals surface area contributed by atoms with Crippen LogP contribution in [0.15, 0.2) is 71.9 Å². The molecule has 3 rings (SSSR count). The van der Waals surface area contributed by atoms with Gasteiger partial charge in [0.15, 0.2) is 5.16 Å². The molecule has 2 aromatic carbocycles. The molecule has 1 N–H and O–H groups in total. The molecule has 0 radical (unpaired) electrons. The van der Waals surface area contributed by atoms with Crippen molar-refractivity contribution >= 4 is 23.5 Å². The smallest absolute Gasteiger partial charge is 0.254 e. The number of ketones is 1. The van der Waals surface area contributed by atoms with E-state index in [-0.39, 0.29) is 11.7 Å². The molecule has 0 saturated carbocycles. The fraction of sp³-hybridized carbons (Fsp3) is 0.217. The molecule has 30 heavy (non-hydrogen) atoms. The number of hydrogen-bond donors (Lipinski definition) is 1. The second kappa shape index (κ2) is 10.5. The number of ether oxygens (including phenoxy) is 1. The Morgan fingerprint density at radius 3 is 2.27 bits per heavy atom. The Hall–Kier alpha value is -3.19. The lowest BCUT2D eigenvalue weighted by Gasteiger charge is -2.19. The first-order valence-corrected chi connectivity index (χ1v) is 10.7. The summed E-state index contributed by atoms with van der Waals surface area (Å²) < 4.78 is 5.88. The van der Waals surface area contributed by atoms with Crippen molar-refractivity contribution in [3.05, 3.63) is 83.6 Å². The Labute approximate surface area is 180 Å². The summed E-state index contributed by atoms with van der Waals surface area (Å²) in [6, 6.07) is 19.0. The maximum atomic E-state index is 13.1. The van der Waals surface area contributed by atoms with Crippen molar-refractivity contribution in [2.75, 3.05) is 5.75 Å². The molecule has 1 aromatic heterocycles. The predicted octanol–water partition coefficient (Wildman–Crippen LogP) is 4.30. The Morgan fingerprint density at radius 1 is 1.00 bits per heavy atom. The maximum absolute atomic E-state index is 13.1. The van der Waals surface area contributed by atoms with E-state index in [0.717, 1.165) is 17.9 Å². The summed E-state index contributed by atoms with van der Waals surface area (Å²) in [5, 5.41) is 3.26. The molecule has 0 saturated heterocycles. The lowest BCUT2D eigenvalue weighted by Crippen LogP contribution is -2.45. The maximum Gasteiger partial charge on any atom is 0.254 e. The first-order chi connectivity index (χ1) is 14.6. The molecule has 154 valence electrons. The van der Waals surface area contributed by atoms with Gasteiger partial charge in [0.25, 0.3) is 5.91 Å². The highest BCUT2D eigenvalue weighted by Crippen LogP contribution is 2.20. The molecule has 0 aliphatic rings. The molecule has 1 atom stereocenters. The van der Waals surface area contributed by atoms with Gasteiger partial charge in [-0.25, -0.2) is 4.98 Å². The zero-order valence-corrected chi connectivity index (χ0v) is 17.7. The third-order valence-electron chi connectivity index (χ3n) is 4.08. The van der Waals surface area contributed by atoms with Crippen molar-refractivity contribution in [2.45, 2.75) is 31.7 Å². The average molecular weight is 422 g/mol. The van der Waals surface area contributed by atoms with Crippen molar-refractivity contribution in [3.8, 4) is 5.88 Å². The molecule has 0 fully saturated rings. The first-order valence-electron chi connectivity index (χ1n) is 9.67. The van der Waals surface area contributed by atoms with Gasteiger partial charge in [-0.05, 0) is 25.5 Å². The summed E-state index contributed by atoms with van der Waals surface area (Å²) in [6.07, 6.45) is -0.237. The molecule has 0 aliphatic carbocycles. The van der Waals surface area contributed by atoms with Crippen LogP contribution in [0.4, 0.5) is 0 Å². The van der Waals surface area contributed by atoms with Gasteiger partial charge in [0.1, 0.15) is 0 Å².